The van der Waals surface area contributed by atoms with Crippen molar-refractivity contribution in [2.75, 3.05) is 18.4 Å². The fourth-order valence-electron chi connectivity index (χ4n) is 3.21. The van der Waals surface area contributed by atoms with Gasteiger partial charge in [-0.3, -0.25) is 14.8 Å². The van der Waals surface area contributed by atoms with Crippen molar-refractivity contribution in [3.8, 4) is 0 Å². The summed E-state index contributed by atoms with van der Waals surface area (Å²) in [6, 6.07) is 6.13. The summed E-state index contributed by atoms with van der Waals surface area (Å²) in [5.41, 5.74) is 2.98. The van der Waals surface area contributed by atoms with Gasteiger partial charge in [0.2, 0.25) is 5.91 Å². The molecule has 2 unspecified atom stereocenters. The summed E-state index contributed by atoms with van der Waals surface area (Å²) < 4.78 is 13.5. The van der Waals surface area contributed by atoms with Gasteiger partial charge in [0.15, 0.2) is 0 Å². The van der Waals surface area contributed by atoms with E-state index in [-0.39, 0.29) is 24.3 Å². The number of carbonyl (C=O) groups excluding carboxylic acids is 1. The number of aromatic nitrogens is 2. The second-order valence-corrected chi connectivity index (χ2v) is 6.25. The third-order valence-electron chi connectivity index (χ3n) is 4.35. The van der Waals surface area contributed by atoms with Gasteiger partial charge in [0.1, 0.15) is 5.82 Å². The minimum Gasteiger partial charge on any atom is -0.392 e. The number of amides is 1. The van der Waals surface area contributed by atoms with Crippen LogP contribution in [0.3, 0.4) is 0 Å². The molecule has 0 saturated carbocycles. The molecule has 7 heteroatoms. The number of H-pyrrole nitrogens is 1. The maximum absolute atomic E-state index is 13.5. The number of likely N-dealkylation sites (tertiary alicyclic amines) is 1. The zero-order valence-corrected chi connectivity index (χ0v) is 13.7. The van der Waals surface area contributed by atoms with E-state index in [0.29, 0.717) is 18.7 Å². The highest BCUT2D eigenvalue weighted by molar-refractivity contribution is 5.93. The molecule has 0 spiro atoms. The molecule has 24 heavy (non-hydrogen) atoms. The van der Waals surface area contributed by atoms with Crippen LogP contribution < -0.4 is 5.32 Å². The number of hydrogen-bond acceptors (Lipinski definition) is 4. The largest absolute Gasteiger partial charge is 0.392 e. The molecule has 2 heterocycles. The summed E-state index contributed by atoms with van der Waals surface area (Å²) in [5.74, 6) is -0.499. The lowest BCUT2D eigenvalue weighted by Crippen LogP contribution is -2.34. The van der Waals surface area contributed by atoms with Crippen LogP contribution in [0.25, 0.3) is 0 Å². The number of aromatic amines is 1. The molecule has 0 aliphatic carbocycles. The first kappa shape index (κ1) is 16.6. The van der Waals surface area contributed by atoms with Crippen molar-refractivity contribution in [1.82, 2.24) is 15.1 Å². The molecule has 128 valence electrons. The van der Waals surface area contributed by atoms with E-state index in [1.54, 1.807) is 6.07 Å². The Bertz CT molecular complexity index is 726. The number of carbonyl (C=O) groups is 1. The third kappa shape index (κ3) is 3.47. The molecule has 2 aromatic rings. The highest BCUT2D eigenvalue weighted by atomic mass is 19.1. The SMILES string of the molecule is Cc1n[nH]c(C)c1NC(=O)CN1CC(O)CC1c1cccc(F)c1. The molecule has 0 bridgehead atoms. The second-order valence-electron chi connectivity index (χ2n) is 6.25. The average Bonchev–Trinajstić information content (AvgIpc) is 3.04. The van der Waals surface area contributed by atoms with E-state index in [1.165, 1.54) is 12.1 Å². The van der Waals surface area contributed by atoms with Crippen LogP contribution in [-0.2, 0) is 4.79 Å². The highest BCUT2D eigenvalue weighted by Crippen LogP contribution is 2.32. The van der Waals surface area contributed by atoms with Crippen LogP contribution in [0.2, 0.25) is 0 Å². The van der Waals surface area contributed by atoms with Gasteiger partial charge >= 0.3 is 0 Å². The molecule has 1 amide bonds. The maximum Gasteiger partial charge on any atom is 0.238 e. The summed E-state index contributed by atoms with van der Waals surface area (Å²) in [4.78, 5) is 14.2. The number of nitrogens with one attached hydrogen (secondary N) is 2. The van der Waals surface area contributed by atoms with Crippen molar-refractivity contribution in [3.05, 3.63) is 47.0 Å². The van der Waals surface area contributed by atoms with Crippen molar-refractivity contribution in [3.63, 3.8) is 0 Å². The van der Waals surface area contributed by atoms with Crippen molar-refractivity contribution in [2.24, 2.45) is 0 Å². The van der Waals surface area contributed by atoms with E-state index in [4.69, 9.17) is 0 Å². The summed E-state index contributed by atoms with van der Waals surface area (Å²) in [6.07, 6.45) is -0.0380. The van der Waals surface area contributed by atoms with Crippen molar-refractivity contribution in [1.29, 1.82) is 0 Å². The quantitative estimate of drug-likeness (QED) is 0.799. The summed E-state index contributed by atoms with van der Waals surface area (Å²) in [6.45, 7) is 4.17. The van der Waals surface area contributed by atoms with Gasteiger partial charge < -0.3 is 10.4 Å². The summed E-state index contributed by atoms with van der Waals surface area (Å²) in [5, 5.41) is 19.7. The Labute approximate surface area is 139 Å². The standard InChI is InChI=1S/C17H21FN4O2/c1-10-17(11(2)21-20-10)19-16(24)9-22-8-14(23)7-15(22)12-4-3-5-13(18)6-12/h3-6,14-15,23H,7-9H2,1-2H3,(H,19,24)(H,20,21). The molecular weight excluding hydrogens is 311 g/mol. The fraction of sp³-hybridized carbons (Fsp3) is 0.412. The van der Waals surface area contributed by atoms with Gasteiger partial charge in [0, 0.05) is 12.6 Å². The predicted octanol–water partition coefficient (Wildman–Crippen LogP) is 1.91. The third-order valence-corrected chi connectivity index (χ3v) is 4.35. The molecule has 1 aromatic heterocycles. The number of aliphatic hydroxyl groups excluding tert-OH is 1. The normalized spacial score (nSPS) is 21.2. The van der Waals surface area contributed by atoms with Gasteiger partial charge in [-0.05, 0) is 38.0 Å². The number of aryl methyl sites for hydroxylation is 2. The molecule has 1 aliphatic heterocycles. The maximum atomic E-state index is 13.5. The lowest BCUT2D eigenvalue weighted by Gasteiger charge is -2.24. The zero-order chi connectivity index (χ0) is 17.3. The van der Waals surface area contributed by atoms with Crippen molar-refractivity contribution in [2.45, 2.75) is 32.4 Å². The van der Waals surface area contributed by atoms with Gasteiger partial charge in [-0.2, -0.15) is 5.10 Å². The number of benzene rings is 1. The van der Waals surface area contributed by atoms with Crippen LogP contribution in [0.4, 0.5) is 10.1 Å². The van der Waals surface area contributed by atoms with Gasteiger partial charge in [-0.25, -0.2) is 4.39 Å². The van der Waals surface area contributed by atoms with E-state index in [2.05, 4.69) is 15.5 Å². The molecule has 1 fully saturated rings. The Morgan fingerprint density at radius 1 is 1.50 bits per heavy atom. The monoisotopic (exact) mass is 332 g/mol. The number of anilines is 1. The molecule has 3 rings (SSSR count). The van der Waals surface area contributed by atoms with Crippen molar-refractivity contribution < 1.29 is 14.3 Å². The smallest absolute Gasteiger partial charge is 0.238 e. The Balaban J connectivity index is 1.71. The van der Waals surface area contributed by atoms with Crippen LogP contribution in [0.5, 0.6) is 0 Å². The molecule has 1 aromatic carbocycles. The lowest BCUT2D eigenvalue weighted by atomic mass is 10.0. The van der Waals surface area contributed by atoms with Crippen LogP contribution >= 0.6 is 0 Å². The number of rotatable bonds is 4. The van der Waals surface area contributed by atoms with E-state index in [1.807, 2.05) is 24.8 Å². The second kappa shape index (κ2) is 6.70. The number of β-amino-alcohol motifs (C(OH)–C–C–N with tert-alkyl or cyclic N) is 1. The molecular formula is C17H21FN4O2. The minimum atomic E-state index is -0.525. The predicted molar refractivity (Wildman–Crippen MR) is 88.0 cm³/mol. The van der Waals surface area contributed by atoms with Crippen LogP contribution in [0.1, 0.15) is 29.4 Å². The van der Waals surface area contributed by atoms with Gasteiger partial charge in [-0.15, -0.1) is 0 Å². The number of hydrogen-bond donors (Lipinski definition) is 3. The van der Waals surface area contributed by atoms with E-state index < -0.39 is 6.10 Å². The van der Waals surface area contributed by atoms with E-state index >= 15 is 0 Å². The topological polar surface area (TPSA) is 81.2 Å². The first-order chi connectivity index (χ1) is 11.4. The fourth-order valence-corrected chi connectivity index (χ4v) is 3.21. The summed E-state index contributed by atoms with van der Waals surface area (Å²) in [7, 11) is 0. The van der Waals surface area contributed by atoms with E-state index in [0.717, 1.165) is 17.0 Å². The molecule has 3 N–H and O–H groups in total. The molecule has 2 atom stereocenters. The first-order valence-corrected chi connectivity index (χ1v) is 7.93. The Morgan fingerprint density at radius 2 is 2.29 bits per heavy atom. The van der Waals surface area contributed by atoms with Crippen LogP contribution in [0, 0.1) is 19.7 Å². The minimum absolute atomic E-state index is 0.127. The molecule has 1 aliphatic rings. The molecule has 6 nitrogen and oxygen atoms in total. The first-order valence-electron chi connectivity index (χ1n) is 7.93. The van der Waals surface area contributed by atoms with Gasteiger partial charge in [-0.1, -0.05) is 12.1 Å². The Kier molecular flexibility index (Phi) is 4.64. The number of nitrogens with zero attached hydrogens (tertiary/aromatic N) is 2. The van der Waals surface area contributed by atoms with Crippen molar-refractivity contribution >= 4 is 11.6 Å². The Hall–Kier alpha value is -2.25. The van der Waals surface area contributed by atoms with Gasteiger partial charge in [0.05, 0.1) is 29.7 Å². The Morgan fingerprint density at radius 3 is 2.96 bits per heavy atom. The lowest BCUT2D eigenvalue weighted by molar-refractivity contribution is -0.117. The number of aliphatic hydroxyl groups is 1. The van der Waals surface area contributed by atoms with Crippen LogP contribution in [-0.4, -0.2) is 45.3 Å². The van der Waals surface area contributed by atoms with E-state index in [9.17, 15) is 14.3 Å². The van der Waals surface area contributed by atoms with Crippen LogP contribution in [0.15, 0.2) is 24.3 Å². The molecule has 0 radical (unpaired) electrons. The molecule has 1 saturated heterocycles. The highest BCUT2D eigenvalue weighted by Gasteiger charge is 2.33. The average molecular weight is 332 g/mol. The number of halogens is 1. The summed E-state index contributed by atoms with van der Waals surface area (Å²) >= 11 is 0. The zero-order valence-electron chi connectivity index (χ0n) is 13.7. The van der Waals surface area contributed by atoms with Gasteiger partial charge in [0.25, 0.3) is 0 Å².